The zero-order valence-electron chi connectivity index (χ0n) is 10.4. The van der Waals surface area contributed by atoms with Crippen molar-refractivity contribution in [2.45, 2.75) is 57.3 Å². The first-order chi connectivity index (χ1) is 8.02. The second-order valence-corrected chi connectivity index (χ2v) is 5.47. The minimum atomic E-state index is -0.530. The third kappa shape index (κ3) is 1.68. The van der Waals surface area contributed by atoms with Gasteiger partial charge in [0.25, 0.3) is 0 Å². The molecular formula is C12H19NO4. The number of nitrogens with one attached hydrogen (secondary N) is 1. The quantitative estimate of drug-likeness (QED) is 0.710. The van der Waals surface area contributed by atoms with Crippen molar-refractivity contribution < 1.29 is 19.0 Å². The van der Waals surface area contributed by atoms with E-state index in [0.29, 0.717) is 6.61 Å². The van der Waals surface area contributed by atoms with Gasteiger partial charge in [0, 0.05) is 12.0 Å². The van der Waals surface area contributed by atoms with E-state index >= 15 is 0 Å². The van der Waals surface area contributed by atoms with Gasteiger partial charge in [-0.25, -0.2) is 0 Å². The zero-order valence-corrected chi connectivity index (χ0v) is 10.4. The molecule has 0 aromatic heterocycles. The Kier molecular flexibility index (Phi) is 2.47. The molecule has 5 heteroatoms. The molecule has 3 rings (SSSR count). The minimum absolute atomic E-state index is 0.0330. The van der Waals surface area contributed by atoms with Crippen LogP contribution < -0.4 is 5.32 Å². The summed E-state index contributed by atoms with van der Waals surface area (Å²) in [6, 6.07) is -0.000110. The van der Waals surface area contributed by atoms with Crippen LogP contribution in [-0.4, -0.2) is 42.7 Å². The molecule has 96 valence electrons. The number of ether oxygens (including phenoxy) is 3. The summed E-state index contributed by atoms with van der Waals surface area (Å²) in [7, 11) is 0. The van der Waals surface area contributed by atoms with Crippen LogP contribution in [0.15, 0.2) is 0 Å². The van der Waals surface area contributed by atoms with Crippen molar-refractivity contribution in [1.29, 1.82) is 0 Å². The van der Waals surface area contributed by atoms with E-state index in [9.17, 15) is 4.79 Å². The largest absolute Gasteiger partial charge is 0.465 e. The second-order valence-electron chi connectivity index (χ2n) is 5.47. The molecule has 5 atom stereocenters. The molecule has 5 nitrogen and oxygen atoms in total. The van der Waals surface area contributed by atoms with Crippen molar-refractivity contribution >= 4 is 5.97 Å². The highest BCUT2D eigenvalue weighted by Gasteiger charge is 2.61. The Hall–Kier alpha value is -0.650. The van der Waals surface area contributed by atoms with Gasteiger partial charge in [-0.2, -0.15) is 0 Å². The molecule has 0 amide bonds. The number of esters is 1. The Morgan fingerprint density at radius 2 is 2.12 bits per heavy atom. The zero-order chi connectivity index (χ0) is 12.2. The van der Waals surface area contributed by atoms with E-state index in [0.717, 1.165) is 6.42 Å². The number of piperidine rings is 1. The summed E-state index contributed by atoms with van der Waals surface area (Å²) in [6.45, 7) is 6.09. The molecule has 1 N–H and O–H groups in total. The van der Waals surface area contributed by atoms with Crippen molar-refractivity contribution in [1.82, 2.24) is 5.32 Å². The molecule has 0 aromatic rings. The molecule has 2 heterocycles. The topological polar surface area (TPSA) is 56.8 Å². The van der Waals surface area contributed by atoms with E-state index in [4.69, 9.17) is 14.2 Å². The van der Waals surface area contributed by atoms with Crippen molar-refractivity contribution in [2.75, 3.05) is 6.61 Å². The first kappa shape index (κ1) is 11.4. The second kappa shape index (κ2) is 3.67. The van der Waals surface area contributed by atoms with Crippen molar-refractivity contribution in [3.05, 3.63) is 0 Å². The number of hydrogen-bond acceptors (Lipinski definition) is 5. The van der Waals surface area contributed by atoms with Gasteiger partial charge in [-0.1, -0.05) is 0 Å². The van der Waals surface area contributed by atoms with Gasteiger partial charge in [-0.05, 0) is 27.2 Å². The van der Waals surface area contributed by atoms with Gasteiger partial charge in [0.15, 0.2) is 5.79 Å². The summed E-state index contributed by atoms with van der Waals surface area (Å²) in [5.74, 6) is -0.505. The summed E-state index contributed by atoms with van der Waals surface area (Å²) in [4.78, 5) is 11.8. The van der Waals surface area contributed by atoms with Crippen LogP contribution in [0.5, 0.6) is 0 Å². The molecular weight excluding hydrogens is 222 g/mol. The third-order valence-corrected chi connectivity index (χ3v) is 3.87. The van der Waals surface area contributed by atoms with Crippen LogP contribution >= 0.6 is 0 Å². The molecule has 3 aliphatic rings. The molecule has 1 saturated carbocycles. The molecule has 2 bridgehead atoms. The van der Waals surface area contributed by atoms with Gasteiger partial charge in [0.1, 0.15) is 12.1 Å². The highest BCUT2D eigenvalue weighted by molar-refractivity contribution is 5.77. The molecule has 0 aromatic carbocycles. The van der Waals surface area contributed by atoms with Crippen molar-refractivity contribution in [3.8, 4) is 0 Å². The van der Waals surface area contributed by atoms with E-state index < -0.39 is 5.79 Å². The predicted octanol–water partition coefficient (Wildman–Crippen LogP) is 0.430. The van der Waals surface area contributed by atoms with Crippen LogP contribution in [0, 0.1) is 5.92 Å². The Bertz CT molecular complexity index is 343. The lowest BCUT2D eigenvalue weighted by Gasteiger charge is -2.28. The summed E-state index contributed by atoms with van der Waals surface area (Å²) < 4.78 is 16.8. The third-order valence-electron chi connectivity index (χ3n) is 3.87. The number of rotatable bonds is 2. The van der Waals surface area contributed by atoms with E-state index in [1.54, 1.807) is 0 Å². The minimum Gasteiger partial charge on any atom is -0.465 e. The SMILES string of the molecule is CCOC(=O)[C@@H]1N[C@H]2C[C@H]1[C@H]1OC(C)(C)O[C@H]12. The van der Waals surface area contributed by atoms with Crippen LogP contribution in [0.3, 0.4) is 0 Å². The van der Waals surface area contributed by atoms with E-state index in [2.05, 4.69) is 5.32 Å². The summed E-state index contributed by atoms with van der Waals surface area (Å²) in [5.41, 5.74) is 0. The highest BCUT2D eigenvalue weighted by atomic mass is 16.8. The lowest BCUT2D eigenvalue weighted by molar-refractivity contribution is -0.158. The number of carbonyl (C=O) groups is 1. The average molecular weight is 241 g/mol. The number of carbonyl (C=O) groups excluding carboxylic acids is 1. The standard InChI is InChI=1S/C12H19NO4/c1-4-15-11(14)8-6-5-7(13-8)10-9(6)16-12(2,3)17-10/h6-10,13H,4-5H2,1-3H3/t6-,7+,8-,9-,10+/m1/s1. The fraction of sp³-hybridized carbons (Fsp3) is 0.917. The smallest absolute Gasteiger partial charge is 0.323 e. The highest BCUT2D eigenvalue weighted by Crippen LogP contribution is 2.46. The monoisotopic (exact) mass is 241 g/mol. The fourth-order valence-electron chi connectivity index (χ4n) is 3.34. The molecule has 0 unspecified atom stereocenters. The molecule has 17 heavy (non-hydrogen) atoms. The number of fused-ring (bicyclic) bond motifs is 5. The van der Waals surface area contributed by atoms with Gasteiger partial charge < -0.3 is 14.2 Å². The Labute approximate surface area is 101 Å². The molecule has 2 saturated heterocycles. The summed E-state index contributed by atoms with van der Waals surface area (Å²) in [6.07, 6.45) is 1.06. The maximum Gasteiger partial charge on any atom is 0.323 e. The maximum atomic E-state index is 11.8. The Morgan fingerprint density at radius 3 is 2.82 bits per heavy atom. The van der Waals surface area contributed by atoms with Crippen molar-refractivity contribution in [2.24, 2.45) is 5.92 Å². The first-order valence-corrected chi connectivity index (χ1v) is 6.30. The van der Waals surface area contributed by atoms with E-state index in [1.165, 1.54) is 0 Å². The normalized spacial score (nSPS) is 45.9. The van der Waals surface area contributed by atoms with Crippen LogP contribution in [0.4, 0.5) is 0 Å². The van der Waals surface area contributed by atoms with Gasteiger partial charge in [0.05, 0.1) is 12.7 Å². The molecule has 2 aliphatic heterocycles. The van der Waals surface area contributed by atoms with Crippen LogP contribution in [-0.2, 0) is 19.0 Å². The van der Waals surface area contributed by atoms with Gasteiger partial charge in [-0.3, -0.25) is 10.1 Å². The maximum absolute atomic E-state index is 11.8. The summed E-state index contributed by atoms with van der Waals surface area (Å²) in [5, 5.41) is 3.30. The van der Waals surface area contributed by atoms with Crippen molar-refractivity contribution in [3.63, 3.8) is 0 Å². The van der Waals surface area contributed by atoms with Gasteiger partial charge in [-0.15, -0.1) is 0 Å². The van der Waals surface area contributed by atoms with Crippen LogP contribution in [0.25, 0.3) is 0 Å². The fourth-order valence-corrected chi connectivity index (χ4v) is 3.34. The lowest BCUT2D eigenvalue weighted by Crippen LogP contribution is -2.53. The number of hydrogen-bond donors (Lipinski definition) is 1. The van der Waals surface area contributed by atoms with E-state index in [1.807, 2.05) is 20.8 Å². The average Bonchev–Trinajstić information content (AvgIpc) is 2.85. The molecule has 3 fully saturated rings. The van der Waals surface area contributed by atoms with Gasteiger partial charge in [0.2, 0.25) is 0 Å². The van der Waals surface area contributed by atoms with Gasteiger partial charge >= 0.3 is 5.97 Å². The molecule has 0 radical (unpaired) electrons. The molecule has 1 aliphatic carbocycles. The predicted molar refractivity (Wildman–Crippen MR) is 59.3 cm³/mol. The summed E-state index contributed by atoms with van der Waals surface area (Å²) >= 11 is 0. The molecule has 0 spiro atoms. The van der Waals surface area contributed by atoms with Crippen LogP contribution in [0.2, 0.25) is 0 Å². The Morgan fingerprint density at radius 1 is 1.41 bits per heavy atom. The van der Waals surface area contributed by atoms with E-state index in [-0.39, 0.29) is 36.2 Å². The Balaban J connectivity index is 1.74. The first-order valence-electron chi connectivity index (χ1n) is 6.30. The van der Waals surface area contributed by atoms with Crippen LogP contribution in [0.1, 0.15) is 27.2 Å². The lowest BCUT2D eigenvalue weighted by atomic mass is 9.96.